The SMILES string of the molecule is CC(C)(C)c1nnc(N2CCN(c3ncccn3)CC2)s1. The van der Waals surface area contributed by atoms with Crippen molar-refractivity contribution in [1.29, 1.82) is 0 Å². The summed E-state index contributed by atoms with van der Waals surface area (Å²) in [4.78, 5) is 13.1. The number of piperazine rings is 1. The van der Waals surface area contributed by atoms with E-state index >= 15 is 0 Å². The van der Waals surface area contributed by atoms with Gasteiger partial charge in [-0.05, 0) is 6.07 Å². The van der Waals surface area contributed by atoms with Crippen LogP contribution in [-0.2, 0) is 5.41 Å². The molecule has 0 bridgehead atoms. The van der Waals surface area contributed by atoms with E-state index in [1.165, 1.54) is 0 Å². The molecule has 0 saturated carbocycles. The molecule has 6 nitrogen and oxygen atoms in total. The molecule has 1 fully saturated rings. The largest absolute Gasteiger partial charge is 0.343 e. The van der Waals surface area contributed by atoms with Crippen molar-refractivity contribution < 1.29 is 0 Å². The fourth-order valence-electron chi connectivity index (χ4n) is 2.20. The topological polar surface area (TPSA) is 58.0 Å². The molecule has 2 aromatic heterocycles. The van der Waals surface area contributed by atoms with Crippen LogP contribution in [0.2, 0.25) is 0 Å². The summed E-state index contributed by atoms with van der Waals surface area (Å²) in [6, 6.07) is 1.84. The van der Waals surface area contributed by atoms with Gasteiger partial charge in [-0.15, -0.1) is 10.2 Å². The smallest absolute Gasteiger partial charge is 0.225 e. The van der Waals surface area contributed by atoms with E-state index in [0.29, 0.717) is 0 Å². The van der Waals surface area contributed by atoms with Gasteiger partial charge in [0, 0.05) is 44.0 Å². The second-order valence-electron chi connectivity index (χ2n) is 6.16. The van der Waals surface area contributed by atoms with Crippen LogP contribution in [-0.4, -0.2) is 46.3 Å². The van der Waals surface area contributed by atoms with Gasteiger partial charge < -0.3 is 9.80 Å². The molecule has 0 N–H and O–H groups in total. The van der Waals surface area contributed by atoms with Gasteiger partial charge in [0.05, 0.1) is 0 Å². The predicted molar refractivity (Wildman–Crippen MR) is 85.1 cm³/mol. The molecule has 3 rings (SSSR count). The summed E-state index contributed by atoms with van der Waals surface area (Å²) < 4.78 is 0. The first-order valence-corrected chi connectivity index (χ1v) is 7.96. The highest BCUT2D eigenvalue weighted by molar-refractivity contribution is 7.15. The van der Waals surface area contributed by atoms with Gasteiger partial charge >= 0.3 is 0 Å². The third-order valence-corrected chi connectivity index (χ3v) is 4.85. The van der Waals surface area contributed by atoms with Crippen molar-refractivity contribution in [1.82, 2.24) is 20.2 Å². The van der Waals surface area contributed by atoms with Gasteiger partial charge in [0.25, 0.3) is 0 Å². The Hall–Kier alpha value is -1.76. The Bertz CT molecular complexity index is 583. The maximum Gasteiger partial charge on any atom is 0.225 e. The van der Waals surface area contributed by atoms with Crippen molar-refractivity contribution in [2.45, 2.75) is 26.2 Å². The van der Waals surface area contributed by atoms with Crippen molar-refractivity contribution in [3.8, 4) is 0 Å². The third kappa shape index (κ3) is 3.12. The Labute approximate surface area is 128 Å². The molecule has 0 aromatic carbocycles. The van der Waals surface area contributed by atoms with Crippen LogP contribution in [0.1, 0.15) is 25.8 Å². The van der Waals surface area contributed by atoms with Gasteiger partial charge in [0.2, 0.25) is 11.1 Å². The summed E-state index contributed by atoms with van der Waals surface area (Å²) in [7, 11) is 0. The molecule has 1 aliphatic heterocycles. The maximum absolute atomic E-state index is 4.35. The molecule has 1 saturated heterocycles. The summed E-state index contributed by atoms with van der Waals surface area (Å²) in [6.45, 7) is 10.2. The van der Waals surface area contributed by atoms with Crippen LogP contribution in [0.5, 0.6) is 0 Å². The van der Waals surface area contributed by atoms with E-state index in [-0.39, 0.29) is 5.41 Å². The Kier molecular flexibility index (Phi) is 3.75. The van der Waals surface area contributed by atoms with Crippen molar-refractivity contribution in [3.63, 3.8) is 0 Å². The lowest BCUT2D eigenvalue weighted by Gasteiger charge is -2.34. The molecule has 2 aromatic rings. The normalized spacial score (nSPS) is 16.3. The van der Waals surface area contributed by atoms with E-state index in [1.807, 2.05) is 6.07 Å². The van der Waals surface area contributed by atoms with E-state index < -0.39 is 0 Å². The minimum atomic E-state index is 0.0651. The second-order valence-corrected chi connectivity index (χ2v) is 7.12. The summed E-state index contributed by atoms with van der Waals surface area (Å²) in [5.41, 5.74) is 0.0651. The van der Waals surface area contributed by atoms with E-state index in [4.69, 9.17) is 0 Å². The van der Waals surface area contributed by atoms with Gasteiger partial charge in [-0.2, -0.15) is 0 Å². The lowest BCUT2D eigenvalue weighted by atomic mass is 9.98. The van der Waals surface area contributed by atoms with Crippen molar-refractivity contribution in [2.24, 2.45) is 0 Å². The van der Waals surface area contributed by atoms with Crippen molar-refractivity contribution >= 4 is 22.4 Å². The summed E-state index contributed by atoms with van der Waals surface area (Å²) in [5, 5.41) is 10.8. The molecule has 0 atom stereocenters. The van der Waals surface area contributed by atoms with Gasteiger partial charge in [-0.1, -0.05) is 32.1 Å². The summed E-state index contributed by atoms with van der Waals surface area (Å²) in [6.07, 6.45) is 3.57. The fraction of sp³-hybridized carbons (Fsp3) is 0.571. The molecule has 1 aliphatic rings. The first kappa shape index (κ1) is 14.2. The van der Waals surface area contributed by atoms with Crippen LogP contribution in [0.25, 0.3) is 0 Å². The molecular formula is C14H20N6S. The molecule has 0 unspecified atom stereocenters. The van der Waals surface area contributed by atoms with Crippen LogP contribution in [0.3, 0.4) is 0 Å². The van der Waals surface area contributed by atoms with E-state index in [0.717, 1.165) is 42.3 Å². The molecule has 21 heavy (non-hydrogen) atoms. The standard InChI is InChI=1S/C14H20N6S/c1-14(2,3)11-17-18-13(21-11)20-9-7-19(8-10-20)12-15-5-4-6-16-12/h4-6H,7-10H2,1-3H3. The zero-order chi connectivity index (χ0) is 14.9. The number of anilines is 2. The monoisotopic (exact) mass is 304 g/mol. The van der Waals surface area contributed by atoms with Crippen LogP contribution >= 0.6 is 11.3 Å². The van der Waals surface area contributed by atoms with Crippen LogP contribution in [0.4, 0.5) is 11.1 Å². The number of rotatable bonds is 2. The highest BCUT2D eigenvalue weighted by Gasteiger charge is 2.24. The second kappa shape index (κ2) is 5.55. The zero-order valence-electron chi connectivity index (χ0n) is 12.7. The lowest BCUT2D eigenvalue weighted by Crippen LogP contribution is -2.47. The van der Waals surface area contributed by atoms with E-state index in [1.54, 1.807) is 23.7 Å². The third-order valence-electron chi connectivity index (χ3n) is 3.44. The van der Waals surface area contributed by atoms with Gasteiger partial charge in [-0.25, -0.2) is 9.97 Å². The summed E-state index contributed by atoms with van der Waals surface area (Å²) >= 11 is 1.70. The minimum Gasteiger partial charge on any atom is -0.343 e. The van der Waals surface area contributed by atoms with Gasteiger partial charge in [0.1, 0.15) is 5.01 Å². The Morgan fingerprint density at radius 3 is 2.14 bits per heavy atom. The van der Waals surface area contributed by atoms with E-state index in [2.05, 4.69) is 50.7 Å². The fourth-order valence-corrected chi connectivity index (χ4v) is 3.15. The molecule has 3 heterocycles. The molecule has 0 amide bonds. The van der Waals surface area contributed by atoms with Crippen LogP contribution < -0.4 is 9.80 Å². The molecule has 112 valence electrons. The molecular weight excluding hydrogens is 284 g/mol. The number of hydrogen-bond acceptors (Lipinski definition) is 7. The van der Waals surface area contributed by atoms with Crippen molar-refractivity contribution in [3.05, 3.63) is 23.5 Å². The number of nitrogens with zero attached hydrogens (tertiary/aromatic N) is 6. The van der Waals surface area contributed by atoms with Crippen LogP contribution in [0.15, 0.2) is 18.5 Å². The maximum atomic E-state index is 4.35. The Morgan fingerprint density at radius 2 is 1.57 bits per heavy atom. The first-order chi connectivity index (χ1) is 10.0. The Balaban J connectivity index is 1.65. The summed E-state index contributed by atoms with van der Waals surface area (Å²) in [5.74, 6) is 0.810. The molecule has 0 aliphatic carbocycles. The highest BCUT2D eigenvalue weighted by atomic mass is 32.1. The minimum absolute atomic E-state index is 0.0651. The number of aromatic nitrogens is 4. The zero-order valence-corrected chi connectivity index (χ0v) is 13.5. The highest BCUT2D eigenvalue weighted by Crippen LogP contribution is 2.30. The quantitative estimate of drug-likeness (QED) is 0.845. The lowest BCUT2D eigenvalue weighted by molar-refractivity contribution is 0.577. The van der Waals surface area contributed by atoms with Gasteiger partial charge in [-0.3, -0.25) is 0 Å². The average Bonchev–Trinajstić information content (AvgIpc) is 2.98. The molecule has 0 spiro atoms. The van der Waals surface area contributed by atoms with Gasteiger partial charge in [0.15, 0.2) is 0 Å². The van der Waals surface area contributed by atoms with E-state index in [9.17, 15) is 0 Å². The Morgan fingerprint density at radius 1 is 0.952 bits per heavy atom. The first-order valence-electron chi connectivity index (χ1n) is 7.15. The van der Waals surface area contributed by atoms with Crippen LogP contribution in [0, 0.1) is 0 Å². The molecule has 0 radical (unpaired) electrons. The predicted octanol–water partition coefficient (Wildman–Crippen LogP) is 1.95. The number of hydrogen-bond donors (Lipinski definition) is 0. The van der Waals surface area contributed by atoms with Crippen molar-refractivity contribution in [2.75, 3.05) is 36.0 Å². The average molecular weight is 304 g/mol. The molecule has 7 heteroatoms.